The second-order valence-electron chi connectivity index (χ2n) is 4.16. The van der Waals surface area contributed by atoms with Crippen LogP contribution in [0.4, 0.5) is 5.69 Å². The first kappa shape index (κ1) is 14.2. The van der Waals surface area contributed by atoms with Gasteiger partial charge in [-0.25, -0.2) is 14.2 Å². The van der Waals surface area contributed by atoms with Gasteiger partial charge >= 0.3 is 11.7 Å². The molecule has 0 spiro atoms. The van der Waals surface area contributed by atoms with E-state index in [4.69, 9.17) is 5.11 Å². The van der Waals surface area contributed by atoms with Crippen LogP contribution in [-0.4, -0.2) is 25.1 Å². The van der Waals surface area contributed by atoms with Gasteiger partial charge in [0.1, 0.15) is 5.56 Å². The summed E-state index contributed by atoms with van der Waals surface area (Å²) in [4.78, 5) is 45.0. The Balaban J connectivity index is 2.74. The number of aromatic carboxylic acids is 1. The third-order valence-electron chi connectivity index (χ3n) is 2.80. The van der Waals surface area contributed by atoms with E-state index < -0.39 is 27.7 Å². The van der Waals surface area contributed by atoms with E-state index in [0.717, 1.165) is 22.9 Å². The van der Waals surface area contributed by atoms with Gasteiger partial charge in [-0.2, -0.15) is 0 Å². The highest BCUT2D eigenvalue weighted by Gasteiger charge is 2.17. The fourth-order valence-electron chi connectivity index (χ4n) is 1.77. The first-order valence-electron chi connectivity index (χ1n) is 5.63. The SMILES string of the molecule is Cn1cc(C(=O)O)c(=O)n(-c2ccc([N+](=O)[O-])cc2)c1=O. The fourth-order valence-corrected chi connectivity index (χ4v) is 1.77. The van der Waals surface area contributed by atoms with Gasteiger partial charge in [0.2, 0.25) is 0 Å². The van der Waals surface area contributed by atoms with Crippen LogP contribution in [-0.2, 0) is 7.05 Å². The molecule has 0 aliphatic carbocycles. The molecule has 0 aliphatic heterocycles. The van der Waals surface area contributed by atoms with Crippen molar-refractivity contribution < 1.29 is 14.8 Å². The summed E-state index contributed by atoms with van der Waals surface area (Å²) < 4.78 is 1.60. The highest BCUT2D eigenvalue weighted by molar-refractivity contribution is 5.86. The number of nitro groups is 1. The van der Waals surface area contributed by atoms with Gasteiger partial charge in [0, 0.05) is 25.4 Å². The van der Waals surface area contributed by atoms with Crippen molar-refractivity contribution in [2.24, 2.45) is 7.05 Å². The van der Waals surface area contributed by atoms with Crippen LogP contribution in [0.15, 0.2) is 40.1 Å². The molecule has 9 heteroatoms. The van der Waals surface area contributed by atoms with Crippen LogP contribution in [0, 0.1) is 10.1 Å². The molecule has 1 aromatic heterocycles. The number of carboxylic acid groups (broad SMARTS) is 1. The van der Waals surface area contributed by atoms with Crippen molar-refractivity contribution in [3.63, 3.8) is 0 Å². The summed E-state index contributed by atoms with van der Waals surface area (Å²) in [6.07, 6.45) is 0.925. The Kier molecular flexibility index (Phi) is 3.40. The molecule has 9 nitrogen and oxygen atoms in total. The fraction of sp³-hybridized carbons (Fsp3) is 0.0833. The number of carboxylic acids is 1. The van der Waals surface area contributed by atoms with E-state index in [2.05, 4.69) is 0 Å². The summed E-state index contributed by atoms with van der Waals surface area (Å²) >= 11 is 0. The van der Waals surface area contributed by atoms with Crippen LogP contribution in [0.3, 0.4) is 0 Å². The normalized spacial score (nSPS) is 10.3. The van der Waals surface area contributed by atoms with Gasteiger partial charge in [0.05, 0.1) is 10.6 Å². The molecule has 0 fully saturated rings. The zero-order valence-electron chi connectivity index (χ0n) is 10.7. The molecule has 21 heavy (non-hydrogen) atoms. The lowest BCUT2D eigenvalue weighted by molar-refractivity contribution is -0.384. The minimum atomic E-state index is -1.47. The number of aryl methyl sites for hydroxylation is 1. The molecule has 0 unspecified atom stereocenters. The lowest BCUT2D eigenvalue weighted by atomic mass is 10.2. The highest BCUT2D eigenvalue weighted by Crippen LogP contribution is 2.13. The Morgan fingerprint density at radius 1 is 1.24 bits per heavy atom. The first-order valence-corrected chi connectivity index (χ1v) is 5.63. The molecule has 2 rings (SSSR count). The quantitative estimate of drug-likeness (QED) is 0.633. The Bertz CT molecular complexity index is 847. The van der Waals surface area contributed by atoms with E-state index in [1.807, 2.05) is 0 Å². The van der Waals surface area contributed by atoms with Gasteiger partial charge in [-0.3, -0.25) is 14.9 Å². The number of nitrogens with zero attached hydrogens (tertiary/aromatic N) is 3. The molecule has 0 aliphatic rings. The summed E-state index contributed by atoms with van der Waals surface area (Å²) in [5.74, 6) is -1.47. The van der Waals surface area contributed by atoms with E-state index in [0.29, 0.717) is 4.57 Å². The van der Waals surface area contributed by atoms with E-state index in [1.165, 1.54) is 19.2 Å². The minimum Gasteiger partial charge on any atom is -0.477 e. The molecule has 0 bridgehead atoms. The second-order valence-corrected chi connectivity index (χ2v) is 4.16. The van der Waals surface area contributed by atoms with Crippen LogP contribution in [0.25, 0.3) is 5.69 Å². The van der Waals surface area contributed by atoms with Gasteiger partial charge in [-0.15, -0.1) is 0 Å². The predicted molar refractivity (Wildman–Crippen MR) is 70.9 cm³/mol. The van der Waals surface area contributed by atoms with Gasteiger partial charge in [-0.1, -0.05) is 0 Å². The van der Waals surface area contributed by atoms with Crippen LogP contribution in [0.1, 0.15) is 10.4 Å². The number of aromatic nitrogens is 2. The van der Waals surface area contributed by atoms with Crippen molar-refractivity contribution in [2.45, 2.75) is 0 Å². The minimum absolute atomic E-state index is 0.0503. The van der Waals surface area contributed by atoms with Gasteiger partial charge < -0.3 is 9.67 Å². The summed E-state index contributed by atoms with van der Waals surface area (Å²) in [5, 5.41) is 19.5. The molecule has 0 saturated carbocycles. The van der Waals surface area contributed by atoms with Crippen molar-refractivity contribution in [1.29, 1.82) is 0 Å². The topological polar surface area (TPSA) is 124 Å². The first-order chi connectivity index (χ1) is 9.82. The Morgan fingerprint density at radius 3 is 2.29 bits per heavy atom. The number of rotatable bonds is 3. The summed E-state index contributed by atoms with van der Waals surface area (Å²) in [6.45, 7) is 0. The number of benzene rings is 1. The van der Waals surface area contributed by atoms with Crippen LogP contribution >= 0.6 is 0 Å². The average molecular weight is 291 g/mol. The van der Waals surface area contributed by atoms with Crippen molar-refractivity contribution in [2.75, 3.05) is 0 Å². The maximum Gasteiger partial charge on any atom is 0.342 e. The van der Waals surface area contributed by atoms with Crippen molar-refractivity contribution >= 4 is 11.7 Å². The monoisotopic (exact) mass is 291 g/mol. The molecule has 0 radical (unpaired) electrons. The molecule has 0 saturated heterocycles. The zero-order valence-corrected chi connectivity index (χ0v) is 10.7. The third-order valence-corrected chi connectivity index (χ3v) is 2.80. The van der Waals surface area contributed by atoms with Crippen molar-refractivity contribution in [1.82, 2.24) is 9.13 Å². The number of hydrogen-bond donors (Lipinski definition) is 1. The lowest BCUT2D eigenvalue weighted by Crippen LogP contribution is -2.40. The molecule has 1 heterocycles. The molecule has 2 aromatic rings. The van der Waals surface area contributed by atoms with Crippen LogP contribution in [0.2, 0.25) is 0 Å². The molecule has 108 valence electrons. The number of non-ortho nitro benzene ring substituents is 1. The molecule has 1 aromatic carbocycles. The van der Waals surface area contributed by atoms with Crippen LogP contribution < -0.4 is 11.2 Å². The summed E-state index contributed by atoms with van der Waals surface area (Å²) in [7, 11) is 1.30. The Hall–Kier alpha value is -3.23. The van der Waals surface area contributed by atoms with E-state index in [1.54, 1.807) is 0 Å². The van der Waals surface area contributed by atoms with E-state index in [-0.39, 0.29) is 11.4 Å². The Morgan fingerprint density at radius 2 is 1.81 bits per heavy atom. The summed E-state index contributed by atoms with van der Waals surface area (Å²) in [6, 6.07) is 4.64. The maximum atomic E-state index is 12.0. The Labute approximate surface area is 116 Å². The van der Waals surface area contributed by atoms with Crippen molar-refractivity contribution in [3.8, 4) is 5.69 Å². The molecule has 0 atom stereocenters. The predicted octanol–water partition coefficient (Wildman–Crippen LogP) is 0.143. The molecular weight excluding hydrogens is 282 g/mol. The number of hydrogen-bond acceptors (Lipinski definition) is 5. The summed E-state index contributed by atoms with van der Waals surface area (Å²) in [5.41, 5.74) is -2.49. The molecular formula is C12H9N3O6. The average Bonchev–Trinajstić information content (AvgIpc) is 2.43. The largest absolute Gasteiger partial charge is 0.477 e. The van der Waals surface area contributed by atoms with E-state index in [9.17, 15) is 24.5 Å². The smallest absolute Gasteiger partial charge is 0.342 e. The van der Waals surface area contributed by atoms with Gasteiger partial charge in [0.15, 0.2) is 0 Å². The van der Waals surface area contributed by atoms with Gasteiger partial charge in [0.25, 0.3) is 11.2 Å². The molecule has 1 N–H and O–H groups in total. The maximum absolute atomic E-state index is 12.0. The highest BCUT2D eigenvalue weighted by atomic mass is 16.6. The van der Waals surface area contributed by atoms with Crippen LogP contribution in [0.5, 0.6) is 0 Å². The number of carbonyl (C=O) groups is 1. The second kappa shape index (κ2) is 5.04. The zero-order chi connectivity index (χ0) is 15.7. The van der Waals surface area contributed by atoms with Crippen molar-refractivity contribution in [3.05, 3.63) is 67.0 Å². The number of nitro benzene ring substituents is 1. The lowest BCUT2D eigenvalue weighted by Gasteiger charge is -2.08. The van der Waals surface area contributed by atoms with Gasteiger partial charge in [-0.05, 0) is 12.1 Å². The standard InChI is InChI=1S/C12H9N3O6/c1-13-6-9(11(17)18)10(16)14(12(13)19)7-2-4-8(5-3-7)15(20)21/h2-6H,1H3,(H,17,18). The third kappa shape index (κ3) is 2.43. The van der Waals surface area contributed by atoms with E-state index >= 15 is 0 Å². The molecule has 0 amide bonds.